The van der Waals surface area contributed by atoms with Crippen molar-refractivity contribution in [3.8, 4) is 0 Å². The number of hydrogen-bond acceptors (Lipinski definition) is 3. The summed E-state index contributed by atoms with van der Waals surface area (Å²) in [5.74, 6) is 0.390. The van der Waals surface area contributed by atoms with Crippen LogP contribution in [-0.4, -0.2) is 35.0 Å². The van der Waals surface area contributed by atoms with Gasteiger partial charge in [0.15, 0.2) is 0 Å². The maximum absolute atomic E-state index is 12.7. The summed E-state index contributed by atoms with van der Waals surface area (Å²) in [7, 11) is 0. The van der Waals surface area contributed by atoms with Crippen molar-refractivity contribution in [3.63, 3.8) is 0 Å². The predicted molar refractivity (Wildman–Crippen MR) is 69.5 cm³/mol. The van der Waals surface area contributed by atoms with Gasteiger partial charge in [0.05, 0.1) is 18.6 Å². The Balaban J connectivity index is 1.66. The zero-order valence-electron chi connectivity index (χ0n) is 10.9. The summed E-state index contributed by atoms with van der Waals surface area (Å²) in [6.07, 6.45) is 5.87. The van der Waals surface area contributed by atoms with Crippen LogP contribution in [0.3, 0.4) is 0 Å². The SMILES string of the molecule is O=C([C@@H]1CCOC1)N1[C@H]2CC[C@@H]1c1cccnc1C2. The van der Waals surface area contributed by atoms with E-state index in [1.54, 1.807) is 0 Å². The summed E-state index contributed by atoms with van der Waals surface area (Å²) in [4.78, 5) is 19.3. The molecule has 2 saturated heterocycles. The molecule has 0 saturated carbocycles. The largest absolute Gasteiger partial charge is 0.381 e. The third-order valence-corrected chi connectivity index (χ3v) is 4.75. The standard InChI is InChI=1S/C15H18N2O2/c18-15(10-5-7-19-9-10)17-11-3-4-14(17)12-2-1-6-16-13(12)8-11/h1-2,6,10-11,14H,3-5,7-9H2/t10-,11+,14-/m1/s1. The van der Waals surface area contributed by atoms with Gasteiger partial charge in [-0.1, -0.05) is 6.07 Å². The highest BCUT2D eigenvalue weighted by Gasteiger charge is 2.45. The van der Waals surface area contributed by atoms with Crippen LogP contribution in [-0.2, 0) is 16.0 Å². The molecule has 4 heteroatoms. The molecule has 0 aromatic carbocycles. The molecule has 0 aliphatic carbocycles. The van der Waals surface area contributed by atoms with Crippen molar-refractivity contribution in [2.75, 3.05) is 13.2 Å². The summed E-state index contributed by atoms with van der Waals surface area (Å²) >= 11 is 0. The molecule has 0 unspecified atom stereocenters. The van der Waals surface area contributed by atoms with E-state index in [1.165, 1.54) is 11.3 Å². The minimum Gasteiger partial charge on any atom is -0.381 e. The highest BCUT2D eigenvalue weighted by atomic mass is 16.5. The van der Waals surface area contributed by atoms with Gasteiger partial charge in [-0.2, -0.15) is 0 Å². The number of ether oxygens (including phenoxy) is 1. The van der Waals surface area contributed by atoms with E-state index >= 15 is 0 Å². The molecule has 1 amide bonds. The van der Waals surface area contributed by atoms with E-state index in [2.05, 4.69) is 16.0 Å². The number of rotatable bonds is 1. The molecular formula is C15H18N2O2. The first-order valence-electron chi connectivity index (χ1n) is 7.18. The molecule has 4 heterocycles. The minimum absolute atomic E-state index is 0.0846. The van der Waals surface area contributed by atoms with Crippen LogP contribution in [0.1, 0.15) is 36.6 Å². The van der Waals surface area contributed by atoms with Crippen LogP contribution in [0, 0.1) is 5.92 Å². The van der Waals surface area contributed by atoms with Crippen molar-refractivity contribution in [1.29, 1.82) is 0 Å². The molecule has 0 N–H and O–H groups in total. The van der Waals surface area contributed by atoms with Gasteiger partial charge in [0.25, 0.3) is 0 Å². The quantitative estimate of drug-likeness (QED) is 0.770. The van der Waals surface area contributed by atoms with Gasteiger partial charge >= 0.3 is 0 Å². The van der Waals surface area contributed by atoms with Crippen LogP contribution >= 0.6 is 0 Å². The lowest BCUT2D eigenvalue weighted by Gasteiger charge is -2.37. The fraction of sp³-hybridized carbons (Fsp3) is 0.600. The van der Waals surface area contributed by atoms with Crippen molar-refractivity contribution in [3.05, 3.63) is 29.6 Å². The second-order valence-corrected chi connectivity index (χ2v) is 5.80. The van der Waals surface area contributed by atoms with E-state index in [1.807, 2.05) is 12.3 Å². The topological polar surface area (TPSA) is 42.4 Å². The zero-order valence-corrected chi connectivity index (χ0v) is 10.9. The third kappa shape index (κ3) is 1.70. The molecular weight excluding hydrogens is 240 g/mol. The molecule has 3 aliphatic rings. The van der Waals surface area contributed by atoms with Crippen LogP contribution in [0.15, 0.2) is 18.3 Å². The lowest BCUT2D eigenvalue weighted by molar-refractivity contribution is -0.139. The predicted octanol–water partition coefficient (Wildman–Crippen LogP) is 1.71. The van der Waals surface area contributed by atoms with Crippen molar-refractivity contribution >= 4 is 5.91 Å². The van der Waals surface area contributed by atoms with Crippen molar-refractivity contribution in [1.82, 2.24) is 9.88 Å². The normalized spacial score (nSPS) is 32.4. The van der Waals surface area contributed by atoms with Crippen LogP contribution in [0.5, 0.6) is 0 Å². The summed E-state index contributed by atoms with van der Waals surface area (Å²) in [6.45, 7) is 1.34. The van der Waals surface area contributed by atoms with Gasteiger partial charge in [-0.15, -0.1) is 0 Å². The summed E-state index contributed by atoms with van der Waals surface area (Å²) in [6, 6.07) is 4.75. The second kappa shape index (κ2) is 4.30. The number of aromatic nitrogens is 1. The Kier molecular flexibility index (Phi) is 2.58. The number of hydrogen-bond donors (Lipinski definition) is 0. The summed E-state index contributed by atoms with van der Waals surface area (Å²) in [5, 5.41) is 0. The van der Waals surface area contributed by atoms with Gasteiger partial charge in [0.1, 0.15) is 0 Å². The van der Waals surface area contributed by atoms with Gasteiger partial charge in [-0.3, -0.25) is 9.78 Å². The highest BCUT2D eigenvalue weighted by molar-refractivity contribution is 5.80. The van der Waals surface area contributed by atoms with Gasteiger partial charge in [0.2, 0.25) is 5.91 Å². The molecule has 100 valence electrons. The van der Waals surface area contributed by atoms with E-state index in [-0.39, 0.29) is 12.0 Å². The van der Waals surface area contributed by atoms with Crippen molar-refractivity contribution in [2.45, 2.75) is 37.8 Å². The molecule has 4 rings (SSSR count). The lowest BCUT2D eigenvalue weighted by atomic mass is 9.95. The number of carbonyl (C=O) groups excluding carboxylic acids is 1. The molecule has 3 aliphatic heterocycles. The highest BCUT2D eigenvalue weighted by Crippen LogP contribution is 2.44. The Morgan fingerprint density at radius 2 is 2.32 bits per heavy atom. The fourth-order valence-electron chi connectivity index (χ4n) is 3.81. The first-order valence-corrected chi connectivity index (χ1v) is 7.18. The van der Waals surface area contributed by atoms with Gasteiger partial charge in [0, 0.05) is 31.0 Å². The smallest absolute Gasteiger partial charge is 0.228 e. The maximum atomic E-state index is 12.7. The molecule has 1 aromatic rings. The Hall–Kier alpha value is -1.42. The Morgan fingerprint density at radius 3 is 3.16 bits per heavy atom. The number of nitrogens with zero attached hydrogens (tertiary/aromatic N) is 2. The lowest BCUT2D eigenvalue weighted by Crippen LogP contribution is -2.45. The molecule has 0 spiro atoms. The van der Waals surface area contributed by atoms with Crippen LogP contribution in [0.25, 0.3) is 0 Å². The zero-order chi connectivity index (χ0) is 12.8. The maximum Gasteiger partial charge on any atom is 0.228 e. The van der Waals surface area contributed by atoms with E-state index in [4.69, 9.17) is 4.74 Å². The Bertz CT molecular complexity index is 511. The van der Waals surface area contributed by atoms with E-state index < -0.39 is 0 Å². The van der Waals surface area contributed by atoms with Crippen molar-refractivity contribution in [2.24, 2.45) is 5.92 Å². The average Bonchev–Trinajstić information content (AvgIpc) is 3.06. The molecule has 2 bridgehead atoms. The fourth-order valence-corrected chi connectivity index (χ4v) is 3.81. The Morgan fingerprint density at radius 1 is 1.37 bits per heavy atom. The van der Waals surface area contributed by atoms with Crippen LogP contribution in [0.2, 0.25) is 0 Å². The van der Waals surface area contributed by atoms with Crippen molar-refractivity contribution < 1.29 is 9.53 Å². The first-order chi connectivity index (χ1) is 9.34. The van der Waals surface area contributed by atoms with Gasteiger partial charge in [-0.25, -0.2) is 0 Å². The van der Waals surface area contributed by atoms with E-state index in [0.717, 1.165) is 32.3 Å². The molecule has 1 aromatic heterocycles. The number of carbonyl (C=O) groups is 1. The third-order valence-electron chi connectivity index (χ3n) is 4.75. The first kappa shape index (κ1) is 11.4. The molecule has 3 atom stereocenters. The molecule has 19 heavy (non-hydrogen) atoms. The van der Waals surface area contributed by atoms with Gasteiger partial charge < -0.3 is 9.64 Å². The molecule has 0 radical (unpaired) electrons. The van der Waals surface area contributed by atoms with E-state index in [9.17, 15) is 4.79 Å². The Labute approximate surface area is 112 Å². The molecule has 2 fully saturated rings. The van der Waals surface area contributed by atoms with Crippen LogP contribution < -0.4 is 0 Å². The average molecular weight is 258 g/mol. The number of pyridine rings is 1. The van der Waals surface area contributed by atoms with Gasteiger partial charge in [-0.05, 0) is 30.9 Å². The number of amides is 1. The summed E-state index contributed by atoms with van der Waals surface area (Å²) < 4.78 is 5.37. The monoisotopic (exact) mass is 258 g/mol. The molecule has 4 nitrogen and oxygen atoms in total. The second-order valence-electron chi connectivity index (χ2n) is 5.80. The van der Waals surface area contributed by atoms with Crippen LogP contribution in [0.4, 0.5) is 0 Å². The van der Waals surface area contributed by atoms with E-state index in [0.29, 0.717) is 18.6 Å². The minimum atomic E-state index is 0.0846. The number of fused-ring (bicyclic) bond motifs is 4. The summed E-state index contributed by atoms with van der Waals surface area (Å²) in [5.41, 5.74) is 2.46.